The Kier molecular flexibility index (Phi) is 3.87. The molecule has 98 valence electrons. The van der Waals surface area contributed by atoms with Crippen molar-refractivity contribution in [1.29, 1.82) is 0 Å². The van der Waals surface area contributed by atoms with Crippen LogP contribution < -0.4 is 5.32 Å². The van der Waals surface area contributed by atoms with E-state index in [0.717, 1.165) is 24.1 Å². The number of nitrogens with one attached hydrogen (secondary N) is 1. The maximum atomic E-state index is 11.4. The predicted octanol–water partition coefficient (Wildman–Crippen LogP) is 2.43. The maximum absolute atomic E-state index is 11.4. The van der Waals surface area contributed by atoms with E-state index in [1.54, 1.807) is 0 Å². The molecule has 0 bridgehead atoms. The van der Waals surface area contributed by atoms with E-state index in [2.05, 4.69) is 5.32 Å². The van der Waals surface area contributed by atoms with Crippen molar-refractivity contribution in [3.05, 3.63) is 29.8 Å². The van der Waals surface area contributed by atoms with Gasteiger partial charge in [0.25, 0.3) is 0 Å². The van der Waals surface area contributed by atoms with Crippen LogP contribution in [0.4, 0.5) is 5.69 Å². The molecule has 3 atom stereocenters. The van der Waals surface area contributed by atoms with Crippen LogP contribution in [0.5, 0.6) is 0 Å². The Balaban J connectivity index is 2.12. The van der Waals surface area contributed by atoms with Crippen LogP contribution in [0.15, 0.2) is 24.3 Å². The first kappa shape index (κ1) is 12.9. The highest BCUT2D eigenvalue weighted by molar-refractivity contribution is 5.78. The van der Waals surface area contributed by atoms with Gasteiger partial charge < -0.3 is 15.2 Å². The minimum absolute atomic E-state index is 0.149. The summed E-state index contributed by atoms with van der Waals surface area (Å²) in [5, 5.41) is 12.4. The molecule has 1 aliphatic rings. The fourth-order valence-corrected chi connectivity index (χ4v) is 2.29. The van der Waals surface area contributed by atoms with Crippen molar-refractivity contribution >= 4 is 11.7 Å². The van der Waals surface area contributed by atoms with Gasteiger partial charge in [-0.05, 0) is 38.3 Å². The Bertz CT molecular complexity index is 433. The van der Waals surface area contributed by atoms with Crippen LogP contribution in [-0.2, 0) is 9.53 Å². The molecule has 2 N–H and O–H groups in total. The predicted molar refractivity (Wildman–Crippen MR) is 69.8 cm³/mol. The largest absolute Gasteiger partial charge is 0.480 e. The first-order chi connectivity index (χ1) is 8.58. The average Bonchev–Trinajstić information content (AvgIpc) is 2.74. The number of hydrogen-bond donors (Lipinski definition) is 2. The molecule has 1 aromatic rings. The Morgan fingerprint density at radius 2 is 2.17 bits per heavy atom. The number of carbonyl (C=O) groups is 1. The number of ether oxygens (including phenoxy) is 1. The summed E-state index contributed by atoms with van der Waals surface area (Å²) in [5.74, 6) is -0.864. The Morgan fingerprint density at radius 3 is 2.72 bits per heavy atom. The molecule has 1 heterocycles. The zero-order valence-corrected chi connectivity index (χ0v) is 10.7. The molecule has 1 saturated heterocycles. The van der Waals surface area contributed by atoms with E-state index in [-0.39, 0.29) is 12.2 Å². The highest BCUT2D eigenvalue weighted by Crippen LogP contribution is 2.25. The maximum Gasteiger partial charge on any atom is 0.328 e. The number of hydrogen-bond acceptors (Lipinski definition) is 3. The third kappa shape index (κ3) is 2.82. The van der Waals surface area contributed by atoms with Gasteiger partial charge in [0.05, 0.1) is 12.2 Å². The number of benzene rings is 1. The molecule has 0 saturated carbocycles. The molecule has 1 aromatic carbocycles. The van der Waals surface area contributed by atoms with E-state index in [9.17, 15) is 9.90 Å². The summed E-state index contributed by atoms with van der Waals surface area (Å²) in [6, 6.07) is 7.00. The van der Waals surface area contributed by atoms with Crippen LogP contribution in [0.3, 0.4) is 0 Å². The molecule has 0 aliphatic carbocycles. The second-order valence-electron chi connectivity index (χ2n) is 4.84. The smallest absolute Gasteiger partial charge is 0.328 e. The number of carboxylic acid groups (broad SMARTS) is 1. The van der Waals surface area contributed by atoms with Crippen LogP contribution in [0.25, 0.3) is 0 Å². The lowest BCUT2D eigenvalue weighted by molar-refractivity contribution is -0.141. The lowest BCUT2D eigenvalue weighted by Crippen LogP contribution is -2.40. The van der Waals surface area contributed by atoms with Crippen molar-refractivity contribution in [3.63, 3.8) is 0 Å². The van der Waals surface area contributed by atoms with Gasteiger partial charge in [0, 0.05) is 5.69 Å². The molecule has 0 spiro atoms. The van der Waals surface area contributed by atoms with E-state index in [4.69, 9.17) is 4.74 Å². The monoisotopic (exact) mass is 249 g/mol. The van der Waals surface area contributed by atoms with Crippen molar-refractivity contribution < 1.29 is 14.6 Å². The highest BCUT2D eigenvalue weighted by Gasteiger charge is 2.34. The van der Waals surface area contributed by atoms with Gasteiger partial charge in [-0.15, -0.1) is 0 Å². The van der Waals surface area contributed by atoms with Crippen LogP contribution in [0.1, 0.15) is 25.3 Å². The molecular formula is C14H19NO3. The number of aryl methyl sites for hydroxylation is 1. The molecule has 3 unspecified atom stereocenters. The lowest BCUT2D eigenvalue weighted by atomic mass is 10.1. The summed E-state index contributed by atoms with van der Waals surface area (Å²) in [6.07, 6.45) is 1.61. The fourth-order valence-electron chi connectivity index (χ4n) is 2.29. The highest BCUT2D eigenvalue weighted by atomic mass is 16.5. The Labute approximate surface area is 107 Å². The minimum atomic E-state index is -0.864. The van der Waals surface area contributed by atoms with Crippen molar-refractivity contribution in [2.24, 2.45) is 0 Å². The lowest BCUT2D eigenvalue weighted by Gasteiger charge is -2.22. The van der Waals surface area contributed by atoms with Crippen molar-refractivity contribution in [3.8, 4) is 0 Å². The van der Waals surface area contributed by atoms with Gasteiger partial charge in [-0.3, -0.25) is 0 Å². The first-order valence-corrected chi connectivity index (χ1v) is 6.28. The molecule has 1 fully saturated rings. The summed E-state index contributed by atoms with van der Waals surface area (Å²) in [5.41, 5.74) is 1.89. The molecule has 0 radical (unpaired) electrons. The van der Waals surface area contributed by atoms with E-state index < -0.39 is 12.0 Å². The average molecular weight is 249 g/mol. The van der Waals surface area contributed by atoms with Crippen molar-refractivity contribution in [1.82, 2.24) is 0 Å². The summed E-state index contributed by atoms with van der Waals surface area (Å²) < 4.78 is 5.65. The third-order valence-corrected chi connectivity index (χ3v) is 3.36. The van der Waals surface area contributed by atoms with Gasteiger partial charge >= 0.3 is 5.97 Å². The second kappa shape index (κ2) is 5.40. The first-order valence-electron chi connectivity index (χ1n) is 6.28. The van der Waals surface area contributed by atoms with Crippen LogP contribution in [-0.4, -0.2) is 29.3 Å². The number of para-hydroxylation sites is 1. The van der Waals surface area contributed by atoms with Gasteiger partial charge in [-0.2, -0.15) is 0 Å². The van der Waals surface area contributed by atoms with Gasteiger partial charge in [-0.1, -0.05) is 18.2 Å². The normalized spacial score (nSPS) is 24.8. The number of aliphatic carboxylic acids is 1. The van der Waals surface area contributed by atoms with Gasteiger partial charge in [0.2, 0.25) is 0 Å². The zero-order chi connectivity index (χ0) is 13.1. The summed E-state index contributed by atoms with van der Waals surface area (Å²) >= 11 is 0. The van der Waals surface area contributed by atoms with Crippen LogP contribution in [0, 0.1) is 6.92 Å². The fraction of sp³-hybridized carbons (Fsp3) is 0.500. The molecule has 1 aliphatic heterocycles. The molecule has 4 nitrogen and oxygen atoms in total. The van der Waals surface area contributed by atoms with E-state index in [1.807, 2.05) is 38.1 Å². The van der Waals surface area contributed by atoms with E-state index in [1.165, 1.54) is 0 Å². The Hall–Kier alpha value is -1.55. The number of rotatable bonds is 4. The summed E-state index contributed by atoms with van der Waals surface area (Å²) in [4.78, 5) is 11.4. The standard InChI is InChI=1S/C14H19NO3/c1-9-5-3-4-6-11(9)15-13(14(16)17)12-8-7-10(2)18-12/h3-6,10,12-13,15H,7-8H2,1-2H3,(H,16,17). The van der Waals surface area contributed by atoms with E-state index >= 15 is 0 Å². The molecule has 2 rings (SSSR count). The molecule has 18 heavy (non-hydrogen) atoms. The quantitative estimate of drug-likeness (QED) is 0.860. The topological polar surface area (TPSA) is 58.6 Å². The molecule has 4 heteroatoms. The number of carboxylic acids is 1. The molecular weight excluding hydrogens is 230 g/mol. The van der Waals surface area contributed by atoms with Crippen LogP contribution >= 0.6 is 0 Å². The summed E-state index contributed by atoms with van der Waals surface area (Å²) in [7, 11) is 0. The third-order valence-electron chi connectivity index (χ3n) is 3.36. The minimum Gasteiger partial charge on any atom is -0.480 e. The van der Waals surface area contributed by atoms with Crippen LogP contribution in [0.2, 0.25) is 0 Å². The number of anilines is 1. The van der Waals surface area contributed by atoms with Crippen molar-refractivity contribution in [2.45, 2.75) is 44.9 Å². The Morgan fingerprint density at radius 1 is 1.44 bits per heavy atom. The van der Waals surface area contributed by atoms with Gasteiger partial charge in [0.1, 0.15) is 0 Å². The zero-order valence-electron chi connectivity index (χ0n) is 10.7. The van der Waals surface area contributed by atoms with Gasteiger partial charge in [0.15, 0.2) is 6.04 Å². The molecule has 0 amide bonds. The van der Waals surface area contributed by atoms with Gasteiger partial charge in [-0.25, -0.2) is 4.79 Å². The molecule has 0 aromatic heterocycles. The van der Waals surface area contributed by atoms with Crippen molar-refractivity contribution in [2.75, 3.05) is 5.32 Å². The van der Waals surface area contributed by atoms with E-state index in [0.29, 0.717) is 0 Å². The SMILES string of the molecule is Cc1ccccc1NC(C(=O)O)C1CCC(C)O1. The second-order valence-corrected chi connectivity index (χ2v) is 4.84. The summed E-state index contributed by atoms with van der Waals surface area (Å²) in [6.45, 7) is 3.94.